The van der Waals surface area contributed by atoms with E-state index in [2.05, 4.69) is 9.82 Å². The second-order valence-corrected chi connectivity index (χ2v) is 6.41. The van der Waals surface area contributed by atoms with Gasteiger partial charge in [-0.05, 0) is 18.2 Å². The lowest BCUT2D eigenvalue weighted by Crippen LogP contribution is -2.16. The Morgan fingerprint density at radius 2 is 1.90 bits per heavy atom. The van der Waals surface area contributed by atoms with E-state index in [1.807, 2.05) is 6.07 Å². The molecule has 6 nitrogen and oxygen atoms in total. The summed E-state index contributed by atoms with van der Waals surface area (Å²) in [7, 11) is -2.40. The largest absolute Gasteiger partial charge is 0.263 e. The van der Waals surface area contributed by atoms with E-state index in [0.717, 1.165) is 0 Å². The summed E-state index contributed by atoms with van der Waals surface area (Å²) in [5.41, 5.74) is 0.115. The maximum atomic E-state index is 12.2. The fourth-order valence-corrected chi connectivity index (χ4v) is 3.34. The van der Waals surface area contributed by atoms with Gasteiger partial charge >= 0.3 is 0 Å². The molecular formula is C11H8Cl2N4O2S. The first-order valence-corrected chi connectivity index (χ1v) is 7.48. The number of anilines is 1. The van der Waals surface area contributed by atoms with Crippen LogP contribution in [-0.4, -0.2) is 18.2 Å². The van der Waals surface area contributed by atoms with Gasteiger partial charge in [-0.25, -0.2) is 8.42 Å². The molecule has 0 radical (unpaired) electrons. The molecule has 1 aromatic heterocycles. The Hall–Kier alpha value is -1.75. The molecule has 1 heterocycles. The summed E-state index contributed by atoms with van der Waals surface area (Å²) in [5, 5.41) is 13.1. The summed E-state index contributed by atoms with van der Waals surface area (Å²) in [4.78, 5) is -0.0971. The molecule has 0 bridgehead atoms. The molecule has 9 heteroatoms. The summed E-state index contributed by atoms with van der Waals surface area (Å²) in [6.07, 6.45) is 1.27. The molecule has 0 aliphatic carbocycles. The number of rotatable bonds is 3. The number of aryl methyl sites for hydroxylation is 1. The lowest BCUT2D eigenvalue weighted by atomic mass is 10.4. The average molecular weight is 331 g/mol. The highest BCUT2D eigenvalue weighted by Crippen LogP contribution is 2.24. The van der Waals surface area contributed by atoms with E-state index in [0.29, 0.717) is 0 Å². The van der Waals surface area contributed by atoms with Crippen LogP contribution in [0.4, 0.5) is 5.82 Å². The van der Waals surface area contributed by atoms with Crippen LogP contribution < -0.4 is 4.72 Å². The van der Waals surface area contributed by atoms with Crippen molar-refractivity contribution in [3.05, 3.63) is 40.0 Å². The monoisotopic (exact) mass is 330 g/mol. The number of nitrogens with one attached hydrogen (secondary N) is 1. The predicted molar refractivity (Wildman–Crippen MR) is 75.2 cm³/mol. The SMILES string of the molecule is Cn1ncc(C#N)c1NS(=O)(=O)c1cc(Cl)cc(Cl)c1. The number of sulfonamides is 1. The average Bonchev–Trinajstić information content (AvgIpc) is 2.69. The lowest BCUT2D eigenvalue weighted by molar-refractivity contribution is 0.600. The number of nitriles is 1. The van der Waals surface area contributed by atoms with Crippen LogP contribution in [0.5, 0.6) is 0 Å². The number of nitrogens with zero attached hydrogens (tertiary/aromatic N) is 3. The van der Waals surface area contributed by atoms with Crippen LogP contribution in [0.2, 0.25) is 10.0 Å². The minimum atomic E-state index is -3.91. The van der Waals surface area contributed by atoms with Gasteiger partial charge in [0.1, 0.15) is 11.6 Å². The smallest absolute Gasteiger partial charge is 0.262 e. The highest BCUT2D eigenvalue weighted by atomic mass is 35.5. The van der Waals surface area contributed by atoms with Gasteiger partial charge in [-0.15, -0.1) is 0 Å². The Morgan fingerprint density at radius 1 is 1.30 bits per heavy atom. The minimum absolute atomic E-state index is 0.0728. The van der Waals surface area contributed by atoms with Gasteiger partial charge in [-0.2, -0.15) is 10.4 Å². The van der Waals surface area contributed by atoms with Gasteiger partial charge in [0, 0.05) is 17.1 Å². The predicted octanol–water partition coefficient (Wildman–Crippen LogP) is 2.40. The van der Waals surface area contributed by atoms with Crippen molar-refractivity contribution in [2.45, 2.75) is 4.90 Å². The summed E-state index contributed by atoms with van der Waals surface area (Å²) < 4.78 is 28.0. The summed E-state index contributed by atoms with van der Waals surface area (Å²) in [6.45, 7) is 0. The molecule has 2 aromatic rings. The Kier molecular flexibility index (Phi) is 3.90. The molecule has 0 saturated heterocycles. The Labute approximate surface area is 125 Å². The Balaban J connectivity index is 2.46. The first-order chi connectivity index (χ1) is 9.33. The molecule has 0 spiro atoms. The van der Waals surface area contributed by atoms with Gasteiger partial charge in [-0.3, -0.25) is 9.40 Å². The molecule has 0 saturated carbocycles. The van der Waals surface area contributed by atoms with Gasteiger partial charge in [0.2, 0.25) is 0 Å². The minimum Gasteiger partial charge on any atom is -0.262 e. The number of hydrogen-bond donors (Lipinski definition) is 1. The zero-order chi connectivity index (χ0) is 14.9. The number of halogens is 2. The number of benzene rings is 1. The van der Waals surface area contributed by atoms with Crippen LogP contribution in [0.15, 0.2) is 29.3 Å². The molecule has 1 aromatic carbocycles. The van der Waals surface area contributed by atoms with Crippen molar-refractivity contribution in [2.75, 3.05) is 4.72 Å². The molecule has 0 unspecified atom stereocenters. The number of hydrogen-bond acceptors (Lipinski definition) is 4. The highest BCUT2D eigenvalue weighted by molar-refractivity contribution is 7.92. The van der Waals surface area contributed by atoms with Crippen molar-refractivity contribution in [3.8, 4) is 6.07 Å². The molecule has 1 N–H and O–H groups in total. The maximum Gasteiger partial charge on any atom is 0.263 e. The Bertz CT molecular complexity index is 788. The molecule has 2 rings (SSSR count). The van der Waals surface area contributed by atoms with Gasteiger partial charge in [0.25, 0.3) is 10.0 Å². The van der Waals surface area contributed by atoms with Crippen LogP contribution in [0.1, 0.15) is 5.56 Å². The molecule has 0 aliphatic rings. The molecule has 0 fully saturated rings. The van der Waals surface area contributed by atoms with E-state index in [-0.39, 0.29) is 26.3 Å². The van der Waals surface area contributed by atoms with Gasteiger partial charge < -0.3 is 0 Å². The summed E-state index contributed by atoms with van der Waals surface area (Å²) in [5.74, 6) is 0.0728. The second-order valence-electron chi connectivity index (χ2n) is 3.85. The van der Waals surface area contributed by atoms with Crippen molar-refractivity contribution in [1.29, 1.82) is 5.26 Å². The quantitative estimate of drug-likeness (QED) is 0.935. The fraction of sp³-hybridized carbons (Fsp3) is 0.0909. The van der Waals surface area contributed by atoms with E-state index in [4.69, 9.17) is 28.5 Å². The summed E-state index contributed by atoms with van der Waals surface area (Å²) >= 11 is 11.6. The van der Waals surface area contributed by atoms with Crippen molar-refractivity contribution >= 4 is 39.0 Å². The van der Waals surface area contributed by atoms with Gasteiger partial charge in [-0.1, -0.05) is 23.2 Å². The third-order valence-corrected chi connectivity index (χ3v) is 4.19. The zero-order valence-electron chi connectivity index (χ0n) is 10.1. The van der Waals surface area contributed by atoms with Crippen LogP contribution in [-0.2, 0) is 17.1 Å². The van der Waals surface area contributed by atoms with Crippen molar-refractivity contribution in [3.63, 3.8) is 0 Å². The highest BCUT2D eigenvalue weighted by Gasteiger charge is 2.19. The standard InChI is InChI=1S/C11H8Cl2N4O2S/c1-17-11(7(5-14)6-15-17)16-20(18,19)10-3-8(12)2-9(13)4-10/h2-4,6,16H,1H3. The first-order valence-electron chi connectivity index (χ1n) is 5.24. The van der Waals surface area contributed by atoms with Gasteiger partial charge in [0.05, 0.1) is 11.1 Å². The maximum absolute atomic E-state index is 12.2. The number of aromatic nitrogens is 2. The molecule has 0 atom stereocenters. The second kappa shape index (κ2) is 5.32. The van der Waals surface area contributed by atoms with Crippen molar-refractivity contribution in [1.82, 2.24) is 9.78 Å². The van der Waals surface area contributed by atoms with E-state index in [1.54, 1.807) is 0 Å². The molecule has 104 valence electrons. The van der Waals surface area contributed by atoms with Crippen LogP contribution in [0.25, 0.3) is 0 Å². The van der Waals surface area contributed by atoms with Crippen LogP contribution in [0, 0.1) is 11.3 Å². The van der Waals surface area contributed by atoms with E-state index < -0.39 is 10.0 Å². The third kappa shape index (κ3) is 2.88. The molecular weight excluding hydrogens is 323 g/mol. The molecule has 0 aliphatic heterocycles. The topological polar surface area (TPSA) is 87.8 Å². The molecule has 20 heavy (non-hydrogen) atoms. The van der Waals surface area contributed by atoms with Crippen molar-refractivity contribution < 1.29 is 8.42 Å². The normalized spacial score (nSPS) is 11.1. The van der Waals surface area contributed by atoms with Crippen molar-refractivity contribution in [2.24, 2.45) is 7.05 Å². The zero-order valence-corrected chi connectivity index (χ0v) is 12.5. The van der Waals surface area contributed by atoms with E-state index in [1.165, 1.54) is 36.1 Å². The first kappa shape index (κ1) is 14.7. The van der Waals surface area contributed by atoms with E-state index in [9.17, 15) is 8.42 Å². The van der Waals surface area contributed by atoms with E-state index >= 15 is 0 Å². The summed E-state index contributed by atoms with van der Waals surface area (Å²) in [6, 6.07) is 5.80. The third-order valence-electron chi connectivity index (χ3n) is 2.44. The lowest BCUT2D eigenvalue weighted by Gasteiger charge is -2.09. The van der Waals surface area contributed by atoms with Crippen LogP contribution >= 0.6 is 23.2 Å². The van der Waals surface area contributed by atoms with Gasteiger partial charge in [0.15, 0.2) is 5.82 Å². The Morgan fingerprint density at radius 3 is 2.45 bits per heavy atom. The molecule has 0 amide bonds. The fourth-order valence-electron chi connectivity index (χ4n) is 1.51. The van der Waals surface area contributed by atoms with Crippen LogP contribution in [0.3, 0.4) is 0 Å².